The zero-order valence-corrected chi connectivity index (χ0v) is 10.5. The quantitative estimate of drug-likeness (QED) is 0.711. The van der Waals surface area contributed by atoms with Gasteiger partial charge in [-0.2, -0.15) is 15.0 Å². The van der Waals surface area contributed by atoms with Gasteiger partial charge in [-0.3, -0.25) is 20.6 Å². The number of amides is 1. The van der Waals surface area contributed by atoms with E-state index in [1.165, 1.54) is 13.1 Å². The number of hydrogen-bond acceptors (Lipinski definition) is 7. The minimum Gasteiger partial charge on any atom is -0.479 e. The highest BCUT2D eigenvalue weighted by Gasteiger charge is 2.12. The van der Waals surface area contributed by atoms with Crippen LogP contribution in [0.4, 0.5) is 5.95 Å². The molecule has 0 fully saturated rings. The van der Waals surface area contributed by atoms with E-state index >= 15 is 0 Å². The van der Waals surface area contributed by atoms with Crippen molar-refractivity contribution < 1.29 is 9.90 Å². The van der Waals surface area contributed by atoms with Crippen LogP contribution in [0.2, 0.25) is 5.02 Å². The standard InChI is InChI=1S/C10H9ClN6O2/c1-5(18)16-17-9-13-8(14-10(19)15-9)7-6(11)3-2-4-12-7/h2-4H,1H3,(H,16,18)(H2,13,14,15,17,19). The molecule has 0 saturated heterocycles. The van der Waals surface area contributed by atoms with E-state index in [4.69, 9.17) is 11.6 Å². The minimum absolute atomic E-state index is 0.0283. The highest BCUT2D eigenvalue weighted by atomic mass is 35.5. The number of hydrogen-bond donors (Lipinski definition) is 3. The SMILES string of the molecule is CC(=O)NNc1nc(O)nc(-c2ncccc2Cl)n1. The molecule has 19 heavy (non-hydrogen) atoms. The zero-order valence-electron chi connectivity index (χ0n) is 9.75. The number of nitrogens with one attached hydrogen (secondary N) is 2. The Morgan fingerprint density at radius 2 is 2.16 bits per heavy atom. The van der Waals surface area contributed by atoms with Crippen molar-refractivity contribution in [3.63, 3.8) is 0 Å². The predicted molar refractivity (Wildman–Crippen MR) is 67.2 cm³/mol. The van der Waals surface area contributed by atoms with E-state index in [2.05, 4.69) is 30.8 Å². The Hall–Kier alpha value is -2.48. The van der Waals surface area contributed by atoms with Crippen LogP contribution in [0.25, 0.3) is 11.5 Å². The van der Waals surface area contributed by atoms with Gasteiger partial charge < -0.3 is 5.11 Å². The second-order valence-electron chi connectivity index (χ2n) is 3.42. The number of anilines is 1. The first-order valence-electron chi connectivity index (χ1n) is 5.15. The van der Waals surface area contributed by atoms with Gasteiger partial charge in [0.1, 0.15) is 5.69 Å². The van der Waals surface area contributed by atoms with Crippen molar-refractivity contribution in [2.75, 3.05) is 5.43 Å². The van der Waals surface area contributed by atoms with Gasteiger partial charge >= 0.3 is 6.01 Å². The Labute approximate surface area is 112 Å². The van der Waals surface area contributed by atoms with Crippen LogP contribution in [0.15, 0.2) is 18.3 Å². The molecule has 2 aromatic heterocycles. The molecule has 0 unspecified atom stereocenters. The molecule has 0 aliphatic carbocycles. The fourth-order valence-electron chi connectivity index (χ4n) is 1.22. The lowest BCUT2D eigenvalue weighted by atomic mass is 10.3. The number of carbonyl (C=O) groups excluding carboxylic acids is 1. The summed E-state index contributed by atoms with van der Waals surface area (Å²) < 4.78 is 0. The molecule has 0 saturated carbocycles. The average molecular weight is 281 g/mol. The van der Waals surface area contributed by atoms with Gasteiger partial charge in [-0.15, -0.1) is 0 Å². The summed E-state index contributed by atoms with van der Waals surface area (Å²) in [5.41, 5.74) is 5.00. The smallest absolute Gasteiger partial charge is 0.319 e. The predicted octanol–water partition coefficient (Wildman–Crippen LogP) is 0.756. The Bertz CT molecular complexity index is 621. The van der Waals surface area contributed by atoms with Crippen LogP contribution in [-0.4, -0.2) is 30.9 Å². The normalized spacial score (nSPS) is 10.0. The minimum atomic E-state index is -0.514. The second-order valence-corrected chi connectivity index (χ2v) is 3.83. The van der Waals surface area contributed by atoms with Crippen LogP contribution >= 0.6 is 11.6 Å². The number of pyridine rings is 1. The molecule has 2 aromatic rings. The molecule has 9 heteroatoms. The van der Waals surface area contributed by atoms with Gasteiger partial charge in [0.15, 0.2) is 5.82 Å². The van der Waals surface area contributed by atoms with Crippen LogP contribution < -0.4 is 10.9 Å². The van der Waals surface area contributed by atoms with Crippen molar-refractivity contribution in [2.45, 2.75) is 6.92 Å². The molecule has 0 aromatic carbocycles. The first kappa shape index (κ1) is 13.0. The molecule has 8 nitrogen and oxygen atoms in total. The topological polar surface area (TPSA) is 113 Å². The molecule has 2 heterocycles. The van der Waals surface area contributed by atoms with Crippen molar-refractivity contribution >= 4 is 23.5 Å². The molecule has 0 radical (unpaired) electrons. The lowest BCUT2D eigenvalue weighted by Crippen LogP contribution is -2.27. The Morgan fingerprint density at radius 1 is 1.37 bits per heavy atom. The summed E-state index contributed by atoms with van der Waals surface area (Å²) in [5, 5.41) is 9.76. The fraction of sp³-hybridized carbons (Fsp3) is 0.100. The average Bonchev–Trinajstić information content (AvgIpc) is 2.36. The lowest BCUT2D eigenvalue weighted by molar-refractivity contribution is -0.118. The molecule has 3 N–H and O–H groups in total. The Balaban J connectivity index is 2.36. The van der Waals surface area contributed by atoms with E-state index in [1.54, 1.807) is 12.1 Å². The van der Waals surface area contributed by atoms with Gasteiger partial charge in [-0.25, -0.2) is 0 Å². The van der Waals surface area contributed by atoms with Crippen molar-refractivity contribution in [3.05, 3.63) is 23.4 Å². The third-order valence-corrected chi connectivity index (χ3v) is 2.25. The summed E-state index contributed by atoms with van der Waals surface area (Å²) in [5.74, 6) is -0.275. The van der Waals surface area contributed by atoms with Gasteiger partial charge in [0.25, 0.3) is 0 Å². The van der Waals surface area contributed by atoms with E-state index in [-0.39, 0.29) is 17.7 Å². The summed E-state index contributed by atoms with van der Waals surface area (Å²) in [6, 6.07) is 2.76. The number of aromatic hydroxyl groups is 1. The van der Waals surface area contributed by atoms with Crippen LogP contribution in [0, 0.1) is 0 Å². The molecule has 0 aliphatic rings. The molecule has 98 valence electrons. The maximum atomic E-state index is 10.8. The van der Waals surface area contributed by atoms with E-state index < -0.39 is 6.01 Å². The van der Waals surface area contributed by atoms with Gasteiger partial charge in [0.2, 0.25) is 11.9 Å². The van der Waals surface area contributed by atoms with Gasteiger partial charge in [-0.05, 0) is 12.1 Å². The fourth-order valence-corrected chi connectivity index (χ4v) is 1.43. The number of hydrazine groups is 1. The maximum absolute atomic E-state index is 10.8. The summed E-state index contributed by atoms with van der Waals surface area (Å²) in [6.07, 6.45) is 1.52. The molecule has 0 spiro atoms. The van der Waals surface area contributed by atoms with E-state index in [9.17, 15) is 9.90 Å². The van der Waals surface area contributed by atoms with E-state index in [0.717, 1.165) is 0 Å². The van der Waals surface area contributed by atoms with Crippen molar-refractivity contribution in [1.82, 2.24) is 25.4 Å². The molecule has 0 bridgehead atoms. The van der Waals surface area contributed by atoms with Crippen LogP contribution in [0.3, 0.4) is 0 Å². The summed E-state index contributed by atoms with van der Waals surface area (Å²) in [6.45, 7) is 1.31. The number of aromatic nitrogens is 4. The van der Waals surface area contributed by atoms with Crippen molar-refractivity contribution in [3.8, 4) is 17.5 Å². The number of nitrogens with zero attached hydrogens (tertiary/aromatic N) is 4. The molecule has 2 rings (SSSR count). The first-order valence-corrected chi connectivity index (χ1v) is 5.52. The van der Waals surface area contributed by atoms with Gasteiger partial charge in [-0.1, -0.05) is 11.6 Å². The van der Waals surface area contributed by atoms with Crippen molar-refractivity contribution in [2.24, 2.45) is 0 Å². The lowest BCUT2D eigenvalue weighted by Gasteiger charge is -2.06. The third kappa shape index (κ3) is 3.26. The Kier molecular flexibility index (Phi) is 3.71. The van der Waals surface area contributed by atoms with E-state index in [0.29, 0.717) is 10.7 Å². The number of carbonyl (C=O) groups is 1. The molecule has 0 atom stereocenters. The van der Waals surface area contributed by atoms with Gasteiger partial charge in [0.05, 0.1) is 5.02 Å². The first-order chi connectivity index (χ1) is 9.06. The van der Waals surface area contributed by atoms with Gasteiger partial charge in [0, 0.05) is 13.1 Å². The third-order valence-electron chi connectivity index (χ3n) is 1.94. The van der Waals surface area contributed by atoms with E-state index in [1.807, 2.05) is 0 Å². The molecular formula is C10H9ClN6O2. The summed E-state index contributed by atoms with van der Waals surface area (Å²) in [4.78, 5) is 26.1. The highest BCUT2D eigenvalue weighted by Crippen LogP contribution is 2.23. The second kappa shape index (κ2) is 5.44. The summed E-state index contributed by atoms with van der Waals surface area (Å²) >= 11 is 5.96. The molecular weight excluding hydrogens is 272 g/mol. The number of rotatable bonds is 3. The number of halogens is 1. The molecule has 0 aliphatic heterocycles. The highest BCUT2D eigenvalue weighted by molar-refractivity contribution is 6.32. The molecule has 1 amide bonds. The van der Waals surface area contributed by atoms with Crippen LogP contribution in [-0.2, 0) is 4.79 Å². The zero-order chi connectivity index (χ0) is 13.8. The largest absolute Gasteiger partial charge is 0.479 e. The summed E-state index contributed by atoms with van der Waals surface area (Å²) in [7, 11) is 0. The van der Waals surface area contributed by atoms with Crippen LogP contribution in [0.5, 0.6) is 6.01 Å². The van der Waals surface area contributed by atoms with Crippen LogP contribution in [0.1, 0.15) is 6.92 Å². The Morgan fingerprint density at radius 3 is 2.84 bits per heavy atom. The monoisotopic (exact) mass is 280 g/mol. The maximum Gasteiger partial charge on any atom is 0.319 e. The van der Waals surface area contributed by atoms with Crippen molar-refractivity contribution in [1.29, 1.82) is 0 Å².